The van der Waals surface area contributed by atoms with Crippen molar-refractivity contribution in [1.82, 2.24) is 4.90 Å². The summed E-state index contributed by atoms with van der Waals surface area (Å²) in [6, 6.07) is 6.74. The highest BCUT2D eigenvalue weighted by Gasteiger charge is 2.40. The van der Waals surface area contributed by atoms with E-state index in [9.17, 15) is 0 Å². The maximum absolute atomic E-state index is 6.09. The molecule has 3 unspecified atom stereocenters. The summed E-state index contributed by atoms with van der Waals surface area (Å²) in [7, 11) is 0. The first-order valence-electron chi connectivity index (χ1n) is 6.59. The second kappa shape index (κ2) is 5.01. The third-order valence-electron chi connectivity index (χ3n) is 4.34. The maximum Gasteiger partial charge on any atom is 0.0474 e. The second-order valence-electron chi connectivity index (χ2n) is 5.48. The van der Waals surface area contributed by atoms with Crippen molar-refractivity contribution in [3.63, 3.8) is 0 Å². The highest BCUT2D eigenvalue weighted by Crippen LogP contribution is 2.42. The van der Waals surface area contributed by atoms with E-state index in [1.165, 1.54) is 25.8 Å². The zero-order valence-corrected chi connectivity index (χ0v) is 11.8. The summed E-state index contributed by atoms with van der Waals surface area (Å²) in [5, 5.41) is 1.39. The van der Waals surface area contributed by atoms with E-state index in [0.717, 1.165) is 11.5 Å². The van der Waals surface area contributed by atoms with Crippen molar-refractivity contribution >= 4 is 23.2 Å². The van der Waals surface area contributed by atoms with Gasteiger partial charge in [0.15, 0.2) is 0 Å². The van der Waals surface area contributed by atoms with Crippen LogP contribution in [0.3, 0.4) is 0 Å². The van der Waals surface area contributed by atoms with Gasteiger partial charge in [0.2, 0.25) is 0 Å². The standard InChI is InChI=1S/C14H18Cl2N2/c15-11-4-10(5-12(16)6-11)14(7-17)18-8-9-1-2-13(18)3-9/h4-6,9,13-14H,1-3,7-8,17H2. The maximum atomic E-state index is 6.09. The van der Waals surface area contributed by atoms with E-state index in [0.29, 0.717) is 22.6 Å². The highest BCUT2D eigenvalue weighted by molar-refractivity contribution is 6.34. The van der Waals surface area contributed by atoms with Gasteiger partial charge in [0.05, 0.1) is 0 Å². The van der Waals surface area contributed by atoms with Crippen molar-refractivity contribution in [2.75, 3.05) is 13.1 Å². The van der Waals surface area contributed by atoms with Crippen LogP contribution < -0.4 is 5.73 Å². The Labute approximate surface area is 118 Å². The molecule has 3 rings (SSSR count). The first-order valence-corrected chi connectivity index (χ1v) is 7.34. The van der Waals surface area contributed by atoms with Gasteiger partial charge in [-0.2, -0.15) is 0 Å². The number of fused-ring (bicyclic) bond motifs is 2. The lowest BCUT2D eigenvalue weighted by atomic mass is 10.0. The molecular formula is C14H18Cl2N2. The van der Waals surface area contributed by atoms with Gasteiger partial charge in [-0.15, -0.1) is 0 Å². The van der Waals surface area contributed by atoms with Crippen LogP contribution in [0.25, 0.3) is 0 Å². The smallest absolute Gasteiger partial charge is 0.0474 e. The molecule has 0 radical (unpaired) electrons. The van der Waals surface area contributed by atoms with Gasteiger partial charge in [0.25, 0.3) is 0 Å². The molecule has 1 aromatic rings. The fraction of sp³-hybridized carbons (Fsp3) is 0.571. The molecule has 2 fully saturated rings. The average Bonchev–Trinajstić information content (AvgIpc) is 2.90. The van der Waals surface area contributed by atoms with E-state index in [2.05, 4.69) is 4.90 Å². The molecule has 1 aliphatic carbocycles. The molecule has 1 saturated heterocycles. The Kier molecular flexibility index (Phi) is 3.55. The van der Waals surface area contributed by atoms with Gasteiger partial charge in [0, 0.05) is 35.2 Å². The number of nitrogens with zero attached hydrogens (tertiary/aromatic N) is 1. The van der Waals surface area contributed by atoms with Crippen LogP contribution in [0.4, 0.5) is 0 Å². The van der Waals surface area contributed by atoms with Gasteiger partial charge in [0.1, 0.15) is 0 Å². The minimum Gasteiger partial charge on any atom is -0.329 e. The van der Waals surface area contributed by atoms with Crippen LogP contribution in [-0.2, 0) is 0 Å². The molecular weight excluding hydrogens is 267 g/mol. The average molecular weight is 285 g/mol. The van der Waals surface area contributed by atoms with Crippen molar-refractivity contribution in [2.45, 2.75) is 31.3 Å². The normalized spacial score (nSPS) is 28.8. The summed E-state index contributed by atoms with van der Waals surface area (Å²) >= 11 is 12.2. The summed E-state index contributed by atoms with van der Waals surface area (Å²) in [6.45, 7) is 1.80. The quantitative estimate of drug-likeness (QED) is 0.921. The lowest BCUT2D eigenvalue weighted by molar-refractivity contribution is 0.153. The van der Waals surface area contributed by atoms with Gasteiger partial charge in [-0.1, -0.05) is 23.2 Å². The molecule has 0 aromatic heterocycles. The number of likely N-dealkylation sites (tertiary alicyclic amines) is 1. The van der Waals surface area contributed by atoms with E-state index >= 15 is 0 Å². The Hall–Kier alpha value is -0.280. The lowest BCUT2D eigenvalue weighted by Crippen LogP contribution is -2.39. The molecule has 98 valence electrons. The summed E-state index contributed by atoms with van der Waals surface area (Å²) in [6.07, 6.45) is 4.04. The number of halogens is 2. The Morgan fingerprint density at radius 3 is 2.44 bits per heavy atom. The molecule has 1 aromatic carbocycles. The Morgan fingerprint density at radius 2 is 1.94 bits per heavy atom. The number of piperidine rings is 1. The first kappa shape index (κ1) is 12.7. The van der Waals surface area contributed by atoms with E-state index in [1.807, 2.05) is 12.1 Å². The van der Waals surface area contributed by atoms with E-state index < -0.39 is 0 Å². The minimum absolute atomic E-state index is 0.261. The molecule has 2 nitrogen and oxygen atoms in total. The van der Waals surface area contributed by atoms with Crippen molar-refractivity contribution in [1.29, 1.82) is 0 Å². The Bertz CT molecular complexity index is 429. The van der Waals surface area contributed by atoms with Gasteiger partial charge in [-0.3, -0.25) is 4.90 Å². The molecule has 1 saturated carbocycles. The Balaban J connectivity index is 1.87. The summed E-state index contributed by atoms with van der Waals surface area (Å²) in [5.41, 5.74) is 7.14. The largest absolute Gasteiger partial charge is 0.329 e. The predicted octanol–water partition coefficient (Wildman–Crippen LogP) is 3.48. The first-order chi connectivity index (χ1) is 8.67. The van der Waals surface area contributed by atoms with Crippen LogP contribution in [0, 0.1) is 5.92 Å². The van der Waals surface area contributed by atoms with Gasteiger partial charge >= 0.3 is 0 Å². The molecule has 18 heavy (non-hydrogen) atoms. The summed E-state index contributed by atoms with van der Waals surface area (Å²) in [5.74, 6) is 0.874. The molecule has 2 N–H and O–H groups in total. The SMILES string of the molecule is NCC(c1cc(Cl)cc(Cl)c1)N1CC2CCC1C2. The molecule has 2 aliphatic rings. The zero-order chi connectivity index (χ0) is 12.7. The summed E-state index contributed by atoms with van der Waals surface area (Å²) < 4.78 is 0. The number of hydrogen-bond donors (Lipinski definition) is 1. The van der Waals surface area contributed by atoms with Crippen molar-refractivity contribution in [2.24, 2.45) is 11.7 Å². The molecule has 2 bridgehead atoms. The summed E-state index contributed by atoms with van der Waals surface area (Å²) in [4.78, 5) is 2.55. The van der Waals surface area contributed by atoms with E-state index in [-0.39, 0.29) is 6.04 Å². The van der Waals surface area contributed by atoms with E-state index in [4.69, 9.17) is 28.9 Å². The number of nitrogens with two attached hydrogens (primary N) is 1. The third kappa shape index (κ3) is 2.27. The van der Waals surface area contributed by atoms with E-state index in [1.54, 1.807) is 6.07 Å². The van der Waals surface area contributed by atoms with Crippen LogP contribution in [0.2, 0.25) is 10.0 Å². The number of benzene rings is 1. The fourth-order valence-electron chi connectivity index (χ4n) is 3.58. The van der Waals surface area contributed by atoms with Crippen LogP contribution in [0.5, 0.6) is 0 Å². The van der Waals surface area contributed by atoms with Crippen molar-refractivity contribution in [3.8, 4) is 0 Å². The van der Waals surface area contributed by atoms with Gasteiger partial charge in [-0.05, 0) is 48.9 Å². The third-order valence-corrected chi connectivity index (χ3v) is 4.78. The van der Waals surface area contributed by atoms with Crippen molar-refractivity contribution in [3.05, 3.63) is 33.8 Å². The molecule has 3 atom stereocenters. The molecule has 1 aliphatic heterocycles. The van der Waals surface area contributed by atoms with Gasteiger partial charge in [-0.25, -0.2) is 0 Å². The minimum atomic E-state index is 0.261. The monoisotopic (exact) mass is 284 g/mol. The highest BCUT2D eigenvalue weighted by atomic mass is 35.5. The van der Waals surface area contributed by atoms with Crippen LogP contribution in [-0.4, -0.2) is 24.0 Å². The zero-order valence-electron chi connectivity index (χ0n) is 10.3. The van der Waals surface area contributed by atoms with Gasteiger partial charge < -0.3 is 5.73 Å². The number of hydrogen-bond acceptors (Lipinski definition) is 2. The molecule has 0 spiro atoms. The number of rotatable bonds is 3. The van der Waals surface area contributed by atoms with Crippen molar-refractivity contribution < 1.29 is 0 Å². The predicted molar refractivity (Wildman–Crippen MR) is 76.1 cm³/mol. The molecule has 4 heteroatoms. The second-order valence-corrected chi connectivity index (χ2v) is 6.36. The van der Waals surface area contributed by atoms with Crippen LogP contribution in [0.15, 0.2) is 18.2 Å². The molecule has 1 heterocycles. The topological polar surface area (TPSA) is 29.3 Å². The molecule has 0 amide bonds. The Morgan fingerprint density at radius 1 is 1.22 bits per heavy atom. The fourth-order valence-corrected chi connectivity index (χ4v) is 4.12. The lowest BCUT2D eigenvalue weighted by Gasteiger charge is -2.34. The van der Waals surface area contributed by atoms with Crippen LogP contribution >= 0.6 is 23.2 Å². The van der Waals surface area contributed by atoms with Crippen LogP contribution in [0.1, 0.15) is 30.9 Å².